The monoisotopic (exact) mass is 403 g/mol. The van der Waals surface area contributed by atoms with Crippen molar-refractivity contribution >= 4 is 11.0 Å². The number of aromatic nitrogens is 4. The molecule has 3 aliphatic rings. The van der Waals surface area contributed by atoms with E-state index in [2.05, 4.69) is 45.3 Å². The van der Waals surface area contributed by atoms with Gasteiger partial charge in [0.25, 0.3) is 5.56 Å². The molecule has 156 valence electrons. The van der Waals surface area contributed by atoms with Gasteiger partial charge in [-0.05, 0) is 43.1 Å². The fraction of sp³-hybridized carbons (Fsp3) is 0.542. The second-order valence-electron chi connectivity index (χ2n) is 9.50. The third-order valence-corrected chi connectivity index (χ3v) is 7.42. The highest BCUT2D eigenvalue weighted by Crippen LogP contribution is 2.47. The number of benzene rings is 1. The van der Waals surface area contributed by atoms with Crippen molar-refractivity contribution in [3.05, 3.63) is 58.3 Å². The summed E-state index contributed by atoms with van der Waals surface area (Å²) in [6.45, 7) is 3.02. The molecule has 1 N–H and O–H groups in total. The van der Waals surface area contributed by atoms with E-state index in [1.807, 2.05) is 4.68 Å². The molecule has 1 saturated heterocycles. The summed E-state index contributed by atoms with van der Waals surface area (Å²) in [6.07, 6.45) is 9.09. The molecule has 2 aromatic heterocycles. The first kappa shape index (κ1) is 18.3. The lowest BCUT2D eigenvalue weighted by molar-refractivity contribution is 0.310. The summed E-state index contributed by atoms with van der Waals surface area (Å²) >= 11 is 0. The molecule has 2 atom stereocenters. The van der Waals surface area contributed by atoms with Crippen molar-refractivity contribution in [2.45, 2.75) is 57.0 Å². The smallest absolute Gasteiger partial charge is 0.262 e. The molecular weight excluding hydrogens is 374 g/mol. The molecule has 3 fully saturated rings. The van der Waals surface area contributed by atoms with E-state index >= 15 is 0 Å². The molecule has 3 aromatic rings. The van der Waals surface area contributed by atoms with Crippen LogP contribution in [-0.4, -0.2) is 37.7 Å². The summed E-state index contributed by atoms with van der Waals surface area (Å²) in [4.78, 5) is 23.6. The van der Waals surface area contributed by atoms with Crippen LogP contribution >= 0.6 is 0 Å². The van der Waals surface area contributed by atoms with E-state index in [1.165, 1.54) is 31.2 Å². The van der Waals surface area contributed by atoms with Crippen molar-refractivity contribution in [3.8, 4) is 0 Å². The van der Waals surface area contributed by atoms with E-state index in [4.69, 9.17) is 4.98 Å². The molecule has 6 rings (SSSR count). The Balaban J connectivity index is 1.33. The van der Waals surface area contributed by atoms with E-state index in [0.717, 1.165) is 49.9 Å². The first-order chi connectivity index (χ1) is 14.8. The van der Waals surface area contributed by atoms with Crippen LogP contribution in [0.2, 0.25) is 0 Å². The van der Waals surface area contributed by atoms with Gasteiger partial charge in [-0.1, -0.05) is 43.2 Å². The Morgan fingerprint density at radius 3 is 2.60 bits per heavy atom. The third kappa shape index (κ3) is 3.27. The Hall–Kier alpha value is -2.47. The Kier molecular flexibility index (Phi) is 4.48. The molecule has 3 heterocycles. The van der Waals surface area contributed by atoms with Gasteiger partial charge in [0.1, 0.15) is 11.2 Å². The van der Waals surface area contributed by atoms with Crippen molar-refractivity contribution in [1.82, 2.24) is 24.6 Å². The molecule has 1 aliphatic heterocycles. The van der Waals surface area contributed by atoms with Crippen LogP contribution in [0.4, 0.5) is 0 Å². The third-order valence-electron chi connectivity index (χ3n) is 7.42. The van der Waals surface area contributed by atoms with Gasteiger partial charge in [0.2, 0.25) is 0 Å². The van der Waals surface area contributed by atoms with Gasteiger partial charge in [-0.2, -0.15) is 5.10 Å². The van der Waals surface area contributed by atoms with Crippen LogP contribution in [0.25, 0.3) is 11.0 Å². The fourth-order valence-electron chi connectivity index (χ4n) is 5.72. The lowest BCUT2D eigenvalue weighted by atomic mass is 9.91. The molecule has 2 saturated carbocycles. The van der Waals surface area contributed by atoms with Crippen molar-refractivity contribution in [3.63, 3.8) is 0 Å². The molecule has 0 amide bonds. The lowest BCUT2D eigenvalue weighted by Crippen LogP contribution is -2.22. The van der Waals surface area contributed by atoms with Crippen LogP contribution in [0, 0.1) is 11.8 Å². The van der Waals surface area contributed by atoms with Gasteiger partial charge in [-0.3, -0.25) is 9.69 Å². The molecular formula is C24H29N5O. The zero-order valence-corrected chi connectivity index (χ0v) is 17.3. The quantitative estimate of drug-likeness (QED) is 0.702. The SMILES string of the molecule is O=c1[nH]c([C@@H]2CN(Cc3ccccc3)C[C@H]2C2CC2)nc2c1cnn2C1CCCC1. The minimum atomic E-state index is -0.0321. The topological polar surface area (TPSA) is 66.8 Å². The van der Waals surface area contributed by atoms with Crippen molar-refractivity contribution in [2.24, 2.45) is 11.8 Å². The van der Waals surface area contributed by atoms with E-state index in [0.29, 0.717) is 23.3 Å². The Morgan fingerprint density at radius 1 is 1.03 bits per heavy atom. The molecule has 30 heavy (non-hydrogen) atoms. The number of H-pyrrole nitrogens is 1. The van der Waals surface area contributed by atoms with Crippen molar-refractivity contribution < 1.29 is 0 Å². The molecule has 0 spiro atoms. The van der Waals surface area contributed by atoms with Gasteiger partial charge < -0.3 is 4.98 Å². The van der Waals surface area contributed by atoms with Crippen molar-refractivity contribution in [2.75, 3.05) is 13.1 Å². The van der Waals surface area contributed by atoms with E-state index < -0.39 is 0 Å². The first-order valence-corrected chi connectivity index (χ1v) is 11.5. The molecule has 0 radical (unpaired) electrons. The van der Waals surface area contributed by atoms with Gasteiger partial charge in [-0.25, -0.2) is 9.67 Å². The van der Waals surface area contributed by atoms with E-state index in [9.17, 15) is 4.79 Å². The predicted octanol–water partition coefficient (Wildman–Crippen LogP) is 3.86. The number of likely N-dealkylation sites (tertiary alicyclic amines) is 1. The van der Waals surface area contributed by atoms with E-state index in [-0.39, 0.29) is 5.56 Å². The summed E-state index contributed by atoms with van der Waals surface area (Å²) in [6, 6.07) is 11.1. The summed E-state index contributed by atoms with van der Waals surface area (Å²) in [5.74, 6) is 2.53. The van der Waals surface area contributed by atoms with Gasteiger partial charge >= 0.3 is 0 Å². The fourth-order valence-corrected chi connectivity index (χ4v) is 5.72. The van der Waals surface area contributed by atoms with Crippen LogP contribution in [0.3, 0.4) is 0 Å². The summed E-state index contributed by atoms with van der Waals surface area (Å²) < 4.78 is 2.03. The van der Waals surface area contributed by atoms with Gasteiger partial charge in [0.05, 0.1) is 12.2 Å². The average Bonchev–Trinajstić information content (AvgIpc) is 3.15. The number of hydrogen-bond donors (Lipinski definition) is 1. The van der Waals surface area contributed by atoms with Crippen LogP contribution in [0.5, 0.6) is 0 Å². The number of nitrogens with zero attached hydrogens (tertiary/aromatic N) is 4. The number of fused-ring (bicyclic) bond motifs is 1. The molecule has 6 nitrogen and oxygen atoms in total. The molecule has 0 bridgehead atoms. The van der Waals surface area contributed by atoms with Crippen LogP contribution in [0.15, 0.2) is 41.3 Å². The Labute approximate surface area is 176 Å². The average molecular weight is 404 g/mol. The second kappa shape index (κ2) is 7.34. The first-order valence-electron chi connectivity index (χ1n) is 11.5. The molecule has 2 aliphatic carbocycles. The predicted molar refractivity (Wildman–Crippen MR) is 116 cm³/mol. The normalized spacial score (nSPS) is 25.5. The highest BCUT2D eigenvalue weighted by atomic mass is 16.1. The zero-order valence-electron chi connectivity index (χ0n) is 17.3. The Bertz CT molecular complexity index is 1090. The maximum Gasteiger partial charge on any atom is 0.262 e. The zero-order chi connectivity index (χ0) is 20.1. The van der Waals surface area contributed by atoms with Gasteiger partial charge in [0, 0.05) is 25.6 Å². The maximum absolute atomic E-state index is 12.9. The minimum Gasteiger partial charge on any atom is -0.310 e. The largest absolute Gasteiger partial charge is 0.310 e. The van der Waals surface area contributed by atoms with Gasteiger partial charge in [0.15, 0.2) is 5.65 Å². The molecule has 6 heteroatoms. The Morgan fingerprint density at radius 2 is 1.83 bits per heavy atom. The van der Waals surface area contributed by atoms with E-state index in [1.54, 1.807) is 6.20 Å². The molecule has 0 unspecified atom stereocenters. The lowest BCUT2D eigenvalue weighted by Gasteiger charge is -2.17. The number of hydrogen-bond acceptors (Lipinski definition) is 4. The maximum atomic E-state index is 12.9. The minimum absolute atomic E-state index is 0.0321. The van der Waals surface area contributed by atoms with Crippen molar-refractivity contribution in [1.29, 1.82) is 0 Å². The van der Waals surface area contributed by atoms with Crippen LogP contribution in [0.1, 0.15) is 61.9 Å². The number of nitrogens with one attached hydrogen (secondary N) is 1. The highest BCUT2D eigenvalue weighted by molar-refractivity contribution is 5.73. The molecule has 1 aromatic carbocycles. The number of rotatable bonds is 5. The standard InChI is InChI=1S/C24H29N5O/c30-24-19-12-25-29(18-8-4-5-9-18)23(19)26-22(27-24)21-15-28(14-20(21)17-10-11-17)13-16-6-2-1-3-7-16/h1-3,6-7,12,17-18,20-21H,4-5,8-11,13-15H2,(H,26,27,30)/t20-,21+/m0/s1. The summed E-state index contributed by atoms with van der Waals surface area (Å²) in [5.41, 5.74) is 2.11. The van der Waals surface area contributed by atoms with Gasteiger partial charge in [-0.15, -0.1) is 0 Å². The number of aromatic amines is 1. The summed E-state index contributed by atoms with van der Waals surface area (Å²) in [7, 11) is 0. The van der Waals surface area contributed by atoms with Crippen LogP contribution in [-0.2, 0) is 6.54 Å². The van der Waals surface area contributed by atoms with Crippen LogP contribution < -0.4 is 5.56 Å². The summed E-state index contributed by atoms with van der Waals surface area (Å²) in [5, 5.41) is 5.20. The highest BCUT2D eigenvalue weighted by Gasteiger charge is 2.44. The second-order valence-corrected chi connectivity index (χ2v) is 9.50.